The molecule has 0 N–H and O–H groups in total. The van der Waals surface area contributed by atoms with Gasteiger partial charge in [-0.15, -0.1) is 0 Å². The van der Waals surface area contributed by atoms with Crippen LogP contribution in [0.1, 0.15) is 41.0 Å². The van der Waals surface area contributed by atoms with Crippen molar-refractivity contribution < 1.29 is 0 Å². The Hall–Kier alpha value is 0.220. The minimum absolute atomic E-state index is 0.404. The molecule has 0 aromatic carbocycles. The van der Waals surface area contributed by atoms with E-state index in [1.165, 1.54) is 12.0 Å². The summed E-state index contributed by atoms with van der Waals surface area (Å²) < 4.78 is 0. The smallest absolute Gasteiger partial charge is 0.0352 e. The van der Waals surface area contributed by atoms with Gasteiger partial charge in [-0.2, -0.15) is 0 Å². The lowest BCUT2D eigenvalue weighted by molar-refractivity contribution is 0.250. The summed E-state index contributed by atoms with van der Waals surface area (Å²) in [5.41, 5.74) is 1.63. The first-order valence-electron chi connectivity index (χ1n) is 4.54. The van der Waals surface area contributed by atoms with E-state index in [-0.39, 0.29) is 0 Å². The summed E-state index contributed by atoms with van der Waals surface area (Å²) in [6.45, 7) is 15.2. The molecule has 0 saturated heterocycles. The van der Waals surface area contributed by atoms with E-state index < -0.39 is 0 Å². The van der Waals surface area contributed by atoms with Crippen LogP contribution >= 0.6 is 15.9 Å². The number of halogens is 1. The zero-order chi connectivity index (χ0) is 9.94. The van der Waals surface area contributed by atoms with Gasteiger partial charge in [0.25, 0.3) is 0 Å². The zero-order valence-electron chi connectivity index (χ0n) is 8.95. The number of alkyl halides is 1. The average molecular weight is 233 g/mol. The van der Waals surface area contributed by atoms with Gasteiger partial charge in [0.15, 0.2) is 0 Å². The van der Waals surface area contributed by atoms with Crippen molar-refractivity contribution in [2.24, 2.45) is 11.3 Å². The van der Waals surface area contributed by atoms with E-state index in [9.17, 15) is 0 Å². The molecule has 2 unspecified atom stereocenters. The van der Waals surface area contributed by atoms with Crippen molar-refractivity contribution >= 4 is 15.9 Å². The second-order valence-electron chi connectivity index (χ2n) is 4.82. The molecule has 0 amide bonds. The Balaban J connectivity index is 4.01. The standard InChI is InChI=1S/C11H21Br/c1-8(2)10(12)7-9(3)11(4,5)6/h9-10H,1,7H2,2-6H3. The van der Waals surface area contributed by atoms with Crippen molar-refractivity contribution in [3.63, 3.8) is 0 Å². The fraction of sp³-hybridized carbons (Fsp3) is 0.818. The highest BCUT2D eigenvalue weighted by molar-refractivity contribution is 9.09. The van der Waals surface area contributed by atoms with E-state index in [0.717, 1.165) is 5.92 Å². The van der Waals surface area contributed by atoms with Gasteiger partial charge in [-0.1, -0.05) is 55.8 Å². The van der Waals surface area contributed by atoms with Gasteiger partial charge in [0.2, 0.25) is 0 Å². The molecule has 0 radical (unpaired) electrons. The van der Waals surface area contributed by atoms with Gasteiger partial charge >= 0.3 is 0 Å². The summed E-state index contributed by atoms with van der Waals surface area (Å²) in [5, 5.41) is 0. The van der Waals surface area contributed by atoms with Gasteiger partial charge in [0, 0.05) is 4.83 Å². The number of hydrogen-bond acceptors (Lipinski definition) is 0. The number of hydrogen-bond donors (Lipinski definition) is 0. The third-order valence-electron chi connectivity index (χ3n) is 2.57. The predicted molar refractivity (Wildman–Crippen MR) is 60.8 cm³/mol. The fourth-order valence-corrected chi connectivity index (χ4v) is 1.43. The monoisotopic (exact) mass is 232 g/mol. The first-order chi connectivity index (χ1) is 5.25. The molecule has 0 saturated carbocycles. The molecule has 0 rings (SSSR count). The fourth-order valence-electron chi connectivity index (χ4n) is 0.865. The Bertz CT molecular complexity index is 153. The van der Waals surface area contributed by atoms with Crippen molar-refractivity contribution in [2.75, 3.05) is 0 Å². The molecule has 0 aromatic rings. The molecular weight excluding hydrogens is 212 g/mol. The first kappa shape index (κ1) is 12.2. The topological polar surface area (TPSA) is 0 Å². The molecule has 0 aromatic heterocycles. The maximum atomic E-state index is 3.94. The van der Waals surface area contributed by atoms with Crippen LogP contribution in [0.25, 0.3) is 0 Å². The van der Waals surface area contributed by atoms with E-state index in [0.29, 0.717) is 10.2 Å². The van der Waals surface area contributed by atoms with Gasteiger partial charge in [0.1, 0.15) is 0 Å². The van der Waals surface area contributed by atoms with Crippen LogP contribution in [0, 0.1) is 11.3 Å². The summed E-state index contributed by atoms with van der Waals surface area (Å²) in [6.07, 6.45) is 1.18. The summed E-state index contributed by atoms with van der Waals surface area (Å²) in [4.78, 5) is 0.478. The van der Waals surface area contributed by atoms with Gasteiger partial charge in [-0.05, 0) is 24.7 Å². The summed E-state index contributed by atoms with van der Waals surface area (Å²) in [6, 6.07) is 0. The Labute approximate surface area is 85.6 Å². The zero-order valence-corrected chi connectivity index (χ0v) is 10.5. The molecule has 2 atom stereocenters. The lowest BCUT2D eigenvalue weighted by atomic mass is 9.79. The summed E-state index contributed by atoms with van der Waals surface area (Å²) in [5.74, 6) is 0.721. The molecule has 0 aliphatic rings. The molecule has 12 heavy (non-hydrogen) atoms. The normalized spacial score (nSPS) is 17.2. The van der Waals surface area contributed by atoms with E-state index in [2.05, 4.69) is 57.1 Å². The van der Waals surface area contributed by atoms with Gasteiger partial charge in [-0.3, -0.25) is 0 Å². The molecule has 0 bridgehead atoms. The van der Waals surface area contributed by atoms with Gasteiger partial charge in [-0.25, -0.2) is 0 Å². The predicted octanol–water partition coefficient (Wildman–Crippen LogP) is 4.40. The second-order valence-corrected chi connectivity index (χ2v) is 5.92. The van der Waals surface area contributed by atoms with Crippen molar-refractivity contribution in [3.05, 3.63) is 12.2 Å². The van der Waals surface area contributed by atoms with Gasteiger partial charge < -0.3 is 0 Å². The Morgan fingerprint density at radius 1 is 1.42 bits per heavy atom. The van der Waals surface area contributed by atoms with Crippen molar-refractivity contribution in [1.82, 2.24) is 0 Å². The third kappa shape index (κ3) is 4.30. The highest BCUT2D eigenvalue weighted by atomic mass is 79.9. The quantitative estimate of drug-likeness (QED) is 0.500. The average Bonchev–Trinajstić information content (AvgIpc) is 1.85. The van der Waals surface area contributed by atoms with Crippen LogP contribution in [0.2, 0.25) is 0 Å². The van der Waals surface area contributed by atoms with E-state index in [1.54, 1.807) is 0 Å². The summed E-state index contributed by atoms with van der Waals surface area (Å²) >= 11 is 3.64. The van der Waals surface area contributed by atoms with E-state index in [1.807, 2.05) is 0 Å². The third-order valence-corrected chi connectivity index (χ3v) is 3.73. The van der Waals surface area contributed by atoms with Crippen LogP contribution in [0.5, 0.6) is 0 Å². The highest BCUT2D eigenvalue weighted by Crippen LogP contribution is 2.32. The Morgan fingerprint density at radius 2 is 1.83 bits per heavy atom. The largest absolute Gasteiger partial charge is 0.0990 e. The van der Waals surface area contributed by atoms with E-state index >= 15 is 0 Å². The minimum atomic E-state index is 0.404. The lowest BCUT2D eigenvalue weighted by Crippen LogP contribution is -2.20. The molecule has 0 spiro atoms. The van der Waals surface area contributed by atoms with Crippen LogP contribution in [-0.2, 0) is 0 Å². The number of allylic oxidation sites excluding steroid dienone is 1. The molecule has 0 aliphatic carbocycles. The molecule has 1 heteroatoms. The van der Waals surface area contributed by atoms with Crippen molar-refractivity contribution in [1.29, 1.82) is 0 Å². The molecule has 0 fully saturated rings. The maximum absolute atomic E-state index is 3.94. The van der Waals surface area contributed by atoms with Gasteiger partial charge in [0.05, 0.1) is 0 Å². The van der Waals surface area contributed by atoms with Crippen molar-refractivity contribution in [2.45, 2.75) is 45.9 Å². The first-order valence-corrected chi connectivity index (χ1v) is 5.46. The van der Waals surface area contributed by atoms with Crippen molar-refractivity contribution in [3.8, 4) is 0 Å². The number of rotatable bonds is 3. The maximum Gasteiger partial charge on any atom is 0.0352 e. The molecular formula is C11H21Br. The lowest BCUT2D eigenvalue weighted by Gasteiger charge is -2.29. The molecule has 0 nitrogen and oxygen atoms in total. The Morgan fingerprint density at radius 3 is 2.08 bits per heavy atom. The van der Waals surface area contributed by atoms with Crippen LogP contribution in [0.15, 0.2) is 12.2 Å². The molecule has 0 heterocycles. The van der Waals surface area contributed by atoms with Crippen LogP contribution in [0.3, 0.4) is 0 Å². The molecule has 72 valence electrons. The second kappa shape index (κ2) is 4.45. The minimum Gasteiger partial charge on any atom is -0.0990 e. The van der Waals surface area contributed by atoms with Crippen LogP contribution in [0.4, 0.5) is 0 Å². The van der Waals surface area contributed by atoms with E-state index in [4.69, 9.17) is 0 Å². The van der Waals surface area contributed by atoms with Crippen LogP contribution < -0.4 is 0 Å². The molecule has 0 aliphatic heterocycles. The van der Waals surface area contributed by atoms with Crippen LogP contribution in [-0.4, -0.2) is 4.83 Å². The summed E-state index contributed by atoms with van der Waals surface area (Å²) in [7, 11) is 0. The highest BCUT2D eigenvalue weighted by Gasteiger charge is 2.22. The Kier molecular flexibility index (Phi) is 4.54. The SMILES string of the molecule is C=C(C)C(Br)CC(C)C(C)(C)C.